The molecule has 0 unspecified atom stereocenters. The Morgan fingerprint density at radius 2 is 2.00 bits per heavy atom. The molecule has 2 aromatic carbocycles. The second-order valence-electron chi connectivity index (χ2n) is 6.16. The maximum atomic E-state index is 11.3. The van der Waals surface area contributed by atoms with Crippen LogP contribution in [0.1, 0.15) is 18.2 Å². The number of carbonyl (C=O) groups excluding carboxylic acids is 1. The van der Waals surface area contributed by atoms with Crippen LogP contribution in [0.15, 0.2) is 65.3 Å². The normalized spacial score (nSPS) is 10.6. The van der Waals surface area contributed by atoms with Gasteiger partial charge in [0, 0.05) is 18.5 Å². The van der Waals surface area contributed by atoms with Gasteiger partial charge in [-0.1, -0.05) is 30.3 Å². The first-order valence-corrected chi connectivity index (χ1v) is 9.32. The topological polar surface area (TPSA) is 73.6 Å². The highest BCUT2D eigenvalue weighted by Crippen LogP contribution is 2.18. The van der Waals surface area contributed by atoms with Gasteiger partial charge >= 0.3 is 5.97 Å². The Morgan fingerprint density at radius 3 is 2.82 bits per heavy atom. The number of rotatable bonds is 10. The molecule has 6 nitrogen and oxygen atoms in total. The third-order valence-electron chi connectivity index (χ3n) is 4.00. The summed E-state index contributed by atoms with van der Waals surface area (Å²) in [5.41, 5.74) is 2.85. The van der Waals surface area contributed by atoms with Crippen LogP contribution in [-0.2, 0) is 22.5 Å². The lowest BCUT2D eigenvalue weighted by Gasteiger charge is -2.08. The molecule has 0 bridgehead atoms. The van der Waals surface area contributed by atoms with E-state index in [-0.39, 0.29) is 12.5 Å². The molecule has 1 N–H and O–H groups in total. The number of carbonyl (C=O) groups is 1. The van der Waals surface area contributed by atoms with Gasteiger partial charge in [-0.3, -0.25) is 4.79 Å². The quantitative estimate of drug-likeness (QED) is 0.542. The van der Waals surface area contributed by atoms with Crippen molar-refractivity contribution in [3.8, 4) is 17.2 Å². The lowest BCUT2D eigenvalue weighted by molar-refractivity contribution is -0.142. The summed E-state index contributed by atoms with van der Waals surface area (Å²) in [4.78, 5) is 15.8. The Balaban J connectivity index is 1.45. The summed E-state index contributed by atoms with van der Waals surface area (Å²) >= 11 is 0. The molecule has 0 saturated carbocycles. The molecule has 1 heterocycles. The van der Waals surface area contributed by atoms with Crippen LogP contribution in [0.5, 0.6) is 5.75 Å². The van der Waals surface area contributed by atoms with E-state index < -0.39 is 0 Å². The van der Waals surface area contributed by atoms with E-state index in [0.29, 0.717) is 32.1 Å². The zero-order valence-electron chi connectivity index (χ0n) is 15.9. The third kappa shape index (κ3) is 5.96. The number of nitrogens with zero attached hydrogens (tertiary/aromatic N) is 1. The molecule has 1 aromatic heterocycles. The molecule has 0 spiro atoms. The molecule has 146 valence electrons. The summed E-state index contributed by atoms with van der Waals surface area (Å²) in [5.74, 6) is 1.14. The molecular weight excluding hydrogens is 356 g/mol. The van der Waals surface area contributed by atoms with E-state index in [4.69, 9.17) is 13.9 Å². The first-order valence-electron chi connectivity index (χ1n) is 9.32. The van der Waals surface area contributed by atoms with Crippen LogP contribution in [0.3, 0.4) is 0 Å². The number of hydrogen-bond acceptors (Lipinski definition) is 6. The van der Waals surface area contributed by atoms with Crippen molar-refractivity contribution in [1.29, 1.82) is 0 Å². The fourth-order valence-electron chi connectivity index (χ4n) is 2.67. The van der Waals surface area contributed by atoms with Gasteiger partial charge in [-0.05, 0) is 36.8 Å². The average molecular weight is 380 g/mol. The molecule has 28 heavy (non-hydrogen) atoms. The summed E-state index contributed by atoms with van der Waals surface area (Å²) in [6.45, 7) is 3.44. The summed E-state index contributed by atoms with van der Waals surface area (Å²) in [7, 11) is 0. The van der Waals surface area contributed by atoms with Crippen LogP contribution in [0.4, 0.5) is 0 Å². The standard InChI is InChI=1S/C22H24N2O4/c1-2-26-21(25)15-23-14-17-7-6-10-20(13-17)27-12-11-19-16-28-22(24-19)18-8-4-3-5-9-18/h3-10,13,16,23H,2,11-12,14-15H2,1H3. The smallest absolute Gasteiger partial charge is 0.319 e. The van der Waals surface area contributed by atoms with Gasteiger partial charge in [-0.15, -0.1) is 0 Å². The van der Waals surface area contributed by atoms with Crippen LogP contribution in [0, 0.1) is 0 Å². The molecule has 0 radical (unpaired) electrons. The van der Waals surface area contributed by atoms with E-state index in [9.17, 15) is 4.79 Å². The number of ether oxygens (including phenoxy) is 2. The van der Waals surface area contributed by atoms with E-state index in [2.05, 4.69) is 10.3 Å². The minimum absolute atomic E-state index is 0.189. The van der Waals surface area contributed by atoms with Crippen LogP contribution in [-0.4, -0.2) is 30.7 Å². The van der Waals surface area contributed by atoms with Gasteiger partial charge < -0.3 is 19.2 Å². The number of benzene rings is 2. The zero-order chi connectivity index (χ0) is 19.6. The fourth-order valence-corrected chi connectivity index (χ4v) is 2.67. The molecule has 0 fully saturated rings. The van der Waals surface area contributed by atoms with E-state index in [1.165, 1.54) is 0 Å². The molecule has 6 heteroatoms. The Labute approximate surface area is 164 Å². The zero-order valence-corrected chi connectivity index (χ0v) is 15.9. The Hall–Kier alpha value is -3.12. The summed E-state index contributed by atoms with van der Waals surface area (Å²) in [6, 6.07) is 17.6. The first kappa shape index (κ1) is 19.6. The van der Waals surface area contributed by atoms with Crippen LogP contribution in [0.2, 0.25) is 0 Å². The third-order valence-corrected chi connectivity index (χ3v) is 4.00. The molecular formula is C22H24N2O4. The number of esters is 1. The number of nitrogens with one attached hydrogen (secondary N) is 1. The van der Waals surface area contributed by atoms with Crippen molar-refractivity contribution in [2.45, 2.75) is 19.9 Å². The summed E-state index contributed by atoms with van der Waals surface area (Å²) in [5, 5.41) is 3.06. The minimum Gasteiger partial charge on any atom is -0.493 e. The SMILES string of the molecule is CCOC(=O)CNCc1cccc(OCCc2coc(-c3ccccc3)n2)c1. The monoisotopic (exact) mass is 380 g/mol. The Morgan fingerprint density at radius 1 is 1.14 bits per heavy atom. The van der Waals surface area contributed by atoms with Gasteiger partial charge in [0.2, 0.25) is 5.89 Å². The highest BCUT2D eigenvalue weighted by Gasteiger charge is 2.07. The van der Waals surface area contributed by atoms with Gasteiger partial charge in [0.25, 0.3) is 0 Å². The molecule has 0 amide bonds. The van der Waals surface area contributed by atoms with Gasteiger partial charge in [0.05, 0.1) is 25.5 Å². The summed E-state index contributed by atoms with van der Waals surface area (Å²) < 4.78 is 16.3. The van der Waals surface area contributed by atoms with Gasteiger partial charge in [0.15, 0.2) is 0 Å². The second kappa shape index (κ2) is 10.3. The number of hydrogen-bond donors (Lipinski definition) is 1. The predicted molar refractivity (Wildman–Crippen MR) is 106 cm³/mol. The average Bonchev–Trinajstić information content (AvgIpc) is 3.18. The van der Waals surface area contributed by atoms with E-state index in [0.717, 1.165) is 22.6 Å². The molecule has 0 aliphatic heterocycles. The van der Waals surface area contributed by atoms with E-state index >= 15 is 0 Å². The van der Waals surface area contributed by atoms with Crippen LogP contribution >= 0.6 is 0 Å². The molecule has 0 atom stereocenters. The van der Waals surface area contributed by atoms with Gasteiger partial charge in [-0.25, -0.2) is 4.98 Å². The van der Waals surface area contributed by atoms with Crippen LogP contribution in [0.25, 0.3) is 11.5 Å². The molecule has 0 aliphatic rings. The van der Waals surface area contributed by atoms with Crippen molar-refractivity contribution in [2.75, 3.05) is 19.8 Å². The van der Waals surface area contributed by atoms with Gasteiger partial charge in [0.1, 0.15) is 12.0 Å². The molecule has 3 rings (SSSR count). The van der Waals surface area contributed by atoms with Gasteiger partial charge in [-0.2, -0.15) is 0 Å². The highest BCUT2D eigenvalue weighted by molar-refractivity contribution is 5.71. The second-order valence-corrected chi connectivity index (χ2v) is 6.16. The van der Waals surface area contributed by atoms with Crippen molar-refractivity contribution < 1.29 is 18.7 Å². The van der Waals surface area contributed by atoms with Crippen molar-refractivity contribution in [3.05, 3.63) is 72.1 Å². The molecule has 0 aliphatic carbocycles. The predicted octanol–water partition coefficient (Wildman–Crippen LogP) is 3.62. The number of oxazole rings is 1. The van der Waals surface area contributed by atoms with Crippen molar-refractivity contribution in [3.63, 3.8) is 0 Å². The summed E-state index contributed by atoms with van der Waals surface area (Å²) in [6.07, 6.45) is 2.32. The lowest BCUT2D eigenvalue weighted by atomic mass is 10.2. The van der Waals surface area contributed by atoms with Crippen molar-refractivity contribution in [1.82, 2.24) is 10.3 Å². The molecule has 0 saturated heterocycles. The maximum absolute atomic E-state index is 11.3. The maximum Gasteiger partial charge on any atom is 0.319 e. The van der Waals surface area contributed by atoms with Crippen molar-refractivity contribution >= 4 is 5.97 Å². The first-order chi connectivity index (χ1) is 13.7. The highest BCUT2D eigenvalue weighted by atomic mass is 16.5. The van der Waals surface area contributed by atoms with Crippen LogP contribution < -0.4 is 10.1 Å². The Bertz CT molecular complexity index is 877. The van der Waals surface area contributed by atoms with E-state index in [1.54, 1.807) is 13.2 Å². The van der Waals surface area contributed by atoms with E-state index in [1.807, 2.05) is 54.6 Å². The number of aromatic nitrogens is 1. The largest absolute Gasteiger partial charge is 0.493 e. The Kier molecular flexibility index (Phi) is 7.21. The molecule has 3 aromatic rings. The lowest BCUT2D eigenvalue weighted by Crippen LogP contribution is -2.24. The minimum atomic E-state index is -0.252. The fraction of sp³-hybridized carbons (Fsp3) is 0.273. The van der Waals surface area contributed by atoms with Crippen molar-refractivity contribution in [2.24, 2.45) is 0 Å².